The molecule has 0 saturated carbocycles. The Hall–Kier alpha value is -4.50. The van der Waals surface area contributed by atoms with Crippen molar-refractivity contribution in [3.63, 3.8) is 0 Å². The second kappa shape index (κ2) is 9.60. The zero-order valence-electron chi connectivity index (χ0n) is 22.3. The number of rotatable bonds is 7. The third kappa shape index (κ3) is 4.14. The molecule has 0 unspecified atom stereocenters. The van der Waals surface area contributed by atoms with Gasteiger partial charge < -0.3 is 15.2 Å². The number of nitrogen functional groups attached to an aromatic ring is 1. The van der Waals surface area contributed by atoms with E-state index in [1.54, 1.807) is 36.4 Å². The van der Waals surface area contributed by atoms with E-state index in [1.165, 1.54) is 4.90 Å². The summed E-state index contributed by atoms with van der Waals surface area (Å²) in [5, 5.41) is 7.76. The molecule has 204 valence electrons. The summed E-state index contributed by atoms with van der Waals surface area (Å²) in [5.41, 5.74) is 7.56. The molecule has 0 spiro atoms. The number of carbonyl (C=O) groups is 3. The summed E-state index contributed by atoms with van der Waals surface area (Å²) in [5.74, 6) is -0.766. The highest BCUT2D eigenvalue weighted by atomic mass is 16.7. The first kappa shape index (κ1) is 25.8. The van der Waals surface area contributed by atoms with Gasteiger partial charge in [-0.2, -0.15) is 0 Å². The van der Waals surface area contributed by atoms with Crippen molar-refractivity contribution in [1.82, 2.24) is 9.80 Å². The fraction of sp³-hybridized carbons (Fsp3) is 0.290. The Kier molecular flexibility index (Phi) is 6.18. The molecule has 9 nitrogen and oxygen atoms in total. The van der Waals surface area contributed by atoms with E-state index in [4.69, 9.17) is 20.6 Å². The molecule has 3 heterocycles. The Balaban J connectivity index is 1.37. The predicted molar refractivity (Wildman–Crippen MR) is 147 cm³/mol. The zero-order valence-corrected chi connectivity index (χ0v) is 22.3. The molecule has 3 aliphatic rings. The van der Waals surface area contributed by atoms with Gasteiger partial charge in [0, 0.05) is 22.7 Å². The lowest BCUT2D eigenvalue weighted by Crippen LogP contribution is -2.49. The number of Topliss-reactive ketones (excluding diaryl/α,β-unsaturated/α-hetero) is 1. The van der Waals surface area contributed by atoms with Crippen LogP contribution in [0.1, 0.15) is 46.9 Å². The van der Waals surface area contributed by atoms with E-state index < -0.39 is 23.4 Å². The lowest BCUT2D eigenvalue weighted by molar-refractivity contribution is -0.143. The summed E-state index contributed by atoms with van der Waals surface area (Å²) in [4.78, 5) is 44.8. The van der Waals surface area contributed by atoms with Crippen LogP contribution < -0.4 is 15.2 Å². The number of hydrogen-bond acceptors (Lipinski definition) is 7. The van der Waals surface area contributed by atoms with Crippen LogP contribution in [-0.2, 0) is 16.1 Å². The van der Waals surface area contributed by atoms with Gasteiger partial charge in [-0.25, -0.2) is 0 Å². The van der Waals surface area contributed by atoms with Crippen LogP contribution in [0.15, 0.2) is 72.8 Å². The summed E-state index contributed by atoms with van der Waals surface area (Å²) >= 11 is 0. The predicted octanol–water partition coefficient (Wildman–Crippen LogP) is 3.52. The van der Waals surface area contributed by atoms with E-state index in [2.05, 4.69) is 0 Å². The maximum absolute atomic E-state index is 14.1. The molecular formula is C31H30N4O5. The van der Waals surface area contributed by atoms with Crippen LogP contribution in [0.5, 0.6) is 11.5 Å². The molecule has 0 bridgehead atoms. The number of nitrogens with zero attached hydrogens (tertiary/aromatic N) is 2. The minimum Gasteiger partial charge on any atom is -0.454 e. The fourth-order valence-electron chi connectivity index (χ4n) is 6.34. The molecule has 9 heteroatoms. The third-order valence-corrected chi connectivity index (χ3v) is 8.37. The van der Waals surface area contributed by atoms with E-state index in [-0.39, 0.29) is 43.3 Å². The molecule has 2 saturated heterocycles. The van der Waals surface area contributed by atoms with Gasteiger partial charge in [-0.05, 0) is 37.1 Å². The van der Waals surface area contributed by atoms with Gasteiger partial charge in [0.1, 0.15) is 5.84 Å². The fourth-order valence-corrected chi connectivity index (χ4v) is 6.34. The van der Waals surface area contributed by atoms with Crippen molar-refractivity contribution in [3.8, 4) is 11.5 Å². The summed E-state index contributed by atoms with van der Waals surface area (Å²) in [6.07, 6.45) is 0. The summed E-state index contributed by atoms with van der Waals surface area (Å²) < 4.78 is 10.9. The van der Waals surface area contributed by atoms with Gasteiger partial charge in [0.25, 0.3) is 0 Å². The summed E-state index contributed by atoms with van der Waals surface area (Å²) in [7, 11) is 0. The molecule has 0 aliphatic carbocycles. The Morgan fingerprint density at radius 2 is 1.65 bits per heavy atom. The second-order valence-corrected chi connectivity index (χ2v) is 11.0. The minimum atomic E-state index is -0.796. The van der Waals surface area contributed by atoms with E-state index in [9.17, 15) is 14.4 Å². The van der Waals surface area contributed by atoms with Gasteiger partial charge >= 0.3 is 0 Å². The molecule has 0 aromatic heterocycles. The Morgan fingerprint density at radius 3 is 2.35 bits per heavy atom. The number of ether oxygens (including phenoxy) is 2. The molecule has 3 aromatic rings. The van der Waals surface area contributed by atoms with Gasteiger partial charge in [0.15, 0.2) is 17.3 Å². The molecule has 6 rings (SSSR count). The van der Waals surface area contributed by atoms with E-state index in [1.807, 2.05) is 55.1 Å². The number of carbonyl (C=O) groups excluding carboxylic acids is 3. The molecule has 3 atom stereocenters. The van der Waals surface area contributed by atoms with Crippen molar-refractivity contribution >= 4 is 23.4 Å². The van der Waals surface area contributed by atoms with Crippen molar-refractivity contribution in [1.29, 1.82) is 5.41 Å². The van der Waals surface area contributed by atoms with Crippen LogP contribution in [0.2, 0.25) is 0 Å². The molecule has 0 radical (unpaired) electrons. The highest BCUT2D eigenvalue weighted by Crippen LogP contribution is 2.55. The summed E-state index contributed by atoms with van der Waals surface area (Å²) in [6, 6.07) is 21.0. The van der Waals surface area contributed by atoms with Crippen LogP contribution in [0.3, 0.4) is 0 Å². The number of benzene rings is 3. The molecule has 3 aliphatic heterocycles. The van der Waals surface area contributed by atoms with Crippen molar-refractivity contribution in [2.75, 3.05) is 13.3 Å². The van der Waals surface area contributed by atoms with Crippen LogP contribution >= 0.6 is 0 Å². The number of hydrogen-bond donors (Lipinski definition) is 2. The van der Waals surface area contributed by atoms with E-state index in [0.29, 0.717) is 22.6 Å². The number of amides is 2. The molecule has 3 aromatic carbocycles. The largest absolute Gasteiger partial charge is 0.454 e. The quantitative estimate of drug-likeness (QED) is 0.204. The van der Waals surface area contributed by atoms with Crippen molar-refractivity contribution in [3.05, 3.63) is 95.1 Å². The highest BCUT2D eigenvalue weighted by molar-refractivity contribution is 6.07. The van der Waals surface area contributed by atoms with Crippen LogP contribution in [0, 0.1) is 17.2 Å². The van der Waals surface area contributed by atoms with Gasteiger partial charge in [0.2, 0.25) is 18.6 Å². The smallest absolute Gasteiger partial charge is 0.235 e. The monoisotopic (exact) mass is 538 g/mol. The number of nitrogens with two attached hydrogens (primary N) is 1. The first-order chi connectivity index (χ1) is 19.2. The first-order valence-corrected chi connectivity index (χ1v) is 13.2. The third-order valence-electron chi connectivity index (χ3n) is 8.37. The Bertz CT molecular complexity index is 1520. The Labute approximate surface area is 232 Å². The van der Waals surface area contributed by atoms with E-state index in [0.717, 1.165) is 11.1 Å². The van der Waals surface area contributed by atoms with E-state index >= 15 is 0 Å². The molecule has 3 N–H and O–H groups in total. The second-order valence-electron chi connectivity index (χ2n) is 11.0. The van der Waals surface area contributed by atoms with Gasteiger partial charge in [-0.15, -0.1) is 0 Å². The SMILES string of the molecule is CC1(C)[C@@H]2C(=O)N(Cc3ccc4c(c3)OCO4)C(=O)[C@@H]2[C@H](c2ccc(C(=N)N)cc2)N1CC(=O)c1ccccc1. The summed E-state index contributed by atoms with van der Waals surface area (Å²) in [6.45, 7) is 4.17. The van der Waals surface area contributed by atoms with Crippen molar-refractivity contribution in [2.24, 2.45) is 17.6 Å². The average Bonchev–Trinajstić information content (AvgIpc) is 3.58. The van der Waals surface area contributed by atoms with Crippen LogP contribution in [-0.4, -0.2) is 52.1 Å². The molecule has 2 fully saturated rings. The van der Waals surface area contributed by atoms with Gasteiger partial charge in [-0.3, -0.25) is 29.6 Å². The molecular weight excluding hydrogens is 508 g/mol. The lowest BCUT2D eigenvalue weighted by atomic mass is 9.81. The average molecular weight is 539 g/mol. The zero-order chi connectivity index (χ0) is 28.2. The van der Waals surface area contributed by atoms with Gasteiger partial charge in [-0.1, -0.05) is 60.7 Å². The number of imide groups is 1. The Morgan fingerprint density at radius 1 is 0.950 bits per heavy atom. The standard InChI is InChI=1S/C31H30N4O5/c1-31(2)26-25(29(37)34(30(26)38)15-18-8-13-23-24(14-18)40-17-39-23)27(20-9-11-21(12-10-20)28(32)33)35(31)16-22(36)19-6-4-3-5-7-19/h3-14,25-27H,15-17H2,1-2H3,(H3,32,33)/t25-,26-,27-/m0/s1. The number of nitrogens with one attached hydrogen (secondary N) is 1. The minimum absolute atomic E-state index is 0.0475. The maximum atomic E-state index is 14.1. The first-order valence-electron chi connectivity index (χ1n) is 13.2. The normalized spacial score (nSPS) is 22.9. The van der Waals surface area contributed by atoms with Gasteiger partial charge in [0.05, 0.1) is 24.9 Å². The molecule has 40 heavy (non-hydrogen) atoms. The number of ketones is 1. The molecule has 2 amide bonds. The number of likely N-dealkylation sites (tertiary alicyclic amines) is 2. The van der Waals surface area contributed by atoms with Crippen LogP contribution in [0.4, 0.5) is 0 Å². The number of amidine groups is 1. The number of fused-ring (bicyclic) bond motifs is 2. The van der Waals surface area contributed by atoms with Crippen molar-refractivity contribution < 1.29 is 23.9 Å². The highest BCUT2D eigenvalue weighted by Gasteiger charge is 2.65. The van der Waals surface area contributed by atoms with Crippen molar-refractivity contribution in [2.45, 2.75) is 32.0 Å². The topological polar surface area (TPSA) is 126 Å². The van der Waals surface area contributed by atoms with Crippen LogP contribution in [0.25, 0.3) is 0 Å². The lowest BCUT2D eigenvalue weighted by Gasteiger charge is -2.38. The maximum Gasteiger partial charge on any atom is 0.235 e.